The highest BCUT2D eigenvalue weighted by Crippen LogP contribution is 2.30. The number of nitrogens with zero attached hydrogens (tertiary/aromatic N) is 2. The zero-order valence-electron chi connectivity index (χ0n) is 6.99. The highest BCUT2D eigenvalue weighted by Gasteiger charge is 2.28. The number of carbonyl (C=O) groups excluding carboxylic acids is 1. The Morgan fingerprint density at radius 1 is 1.53 bits per heavy atom. The second-order valence-electron chi connectivity index (χ2n) is 2.44. The molecule has 1 aromatic rings. The number of hydrogen-bond acceptors (Lipinski definition) is 4. The van der Waals surface area contributed by atoms with Crippen LogP contribution in [0.4, 0.5) is 18.9 Å². The van der Waals surface area contributed by atoms with Crippen LogP contribution in [0.25, 0.3) is 0 Å². The van der Waals surface area contributed by atoms with E-state index in [9.17, 15) is 28.1 Å². The van der Waals surface area contributed by atoms with E-state index >= 15 is 0 Å². The summed E-state index contributed by atoms with van der Waals surface area (Å²) in [6.45, 7) is 0. The van der Waals surface area contributed by atoms with Crippen LogP contribution in [0.15, 0.2) is 6.07 Å². The van der Waals surface area contributed by atoms with E-state index in [1.54, 1.807) is 0 Å². The van der Waals surface area contributed by atoms with Crippen molar-refractivity contribution in [3.05, 3.63) is 33.4 Å². The molecule has 0 aromatic carbocycles. The molecule has 0 saturated heterocycles. The molecule has 0 radical (unpaired) electrons. The van der Waals surface area contributed by atoms with Gasteiger partial charge in [0, 0.05) is 6.07 Å². The van der Waals surface area contributed by atoms with Gasteiger partial charge in [-0.15, -0.1) is 0 Å². The number of aromatic nitrogens is 1. The van der Waals surface area contributed by atoms with Crippen molar-refractivity contribution >= 4 is 12.0 Å². The largest absolute Gasteiger partial charge is 0.307 e. The third-order valence-corrected chi connectivity index (χ3v) is 1.55. The first-order valence-corrected chi connectivity index (χ1v) is 3.55. The van der Waals surface area contributed by atoms with Crippen molar-refractivity contribution in [2.24, 2.45) is 0 Å². The monoisotopic (exact) mass is 220 g/mol. The molecule has 8 heteroatoms. The summed E-state index contributed by atoms with van der Waals surface area (Å²) in [5.41, 5.74) is -3.27. The summed E-state index contributed by atoms with van der Waals surface area (Å²) in [4.78, 5) is 22.3. The van der Waals surface area contributed by atoms with Crippen LogP contribution in [0, 0.1) is 16.1 Å². The maximum absolute atomic E-state index is 12.6. The first-order chi connectivity index (χ1) is 6.97. The van der Waals surface area contributed by atoms with Gasteiger partial charge in [0.25, 0.3) is 6.43 Å². The Labute approximate surface area is 80.7 Å². The smallest absolute Gasteiger partial charge is 0.296 e. The van der Waals surface area contributed by atoms with Crippen LogP contribution in [0.2, 0.25) is 0 Å². The predicted molar refractivity (Wildman–Crippen MR) is 41.2 cm³/mol. The minimum Gasteiger partial charge on any atom is -0.296 e. The number of halogens is 3. The second kappa shape index (κ2) is 4.03. The van der Waals surface area contributed by atoms with E-state index in [1.807, 2.05) is 0 Å². The maximum Gasteiger partial charge on any atom is 0.307 e. The van der Waals surface area contributed by atoms with Crippen molar-refractivity contribution in [2.45, 2.75) is 6.43 Å². The zero-order chi connectivity index (χ0) is 11.6. The molecule has 15 heavy (non-hydrogen) atoms. The van der Waals surface area contributed by atoms with Gasteiger partial charge in [-0.2, -0.15) is 4.39 Å². The lowest BCUT2D eigenvalue weighted by Crippen LogP contribution is -2.04. The molecule has 0 bridgehead atoms. The Bertz CT molecular complexity index is 422. The SMILES string of the molecule is O=Cc1nc(F)cc(C(F)F)c1[N+](=O)[O-]. The van der Waals surface area contributed by atoms with E-state index in [0.717, 1.165) is 0 Å². The molecule has 0 saturated carbocycles. The summed E-state index contributed by atoms with van der Waals surface area (Å²) in [6.07, 6.45) is -3.39. The number of pyridine rings is 1. The van der Waals surface area contributed by atoms with Crippen molar-refractivity contribution in [1.29, 1.82) is 0 Å². The van der Waals surface area contributed by atoms with Gasteiger partial charge in [-0.05, 0) is 0 Å². The van der Waals surface area contributed by atoms with Crippen LogP contribution in [0.3, 0.4) is 0 Å². The van der Waals surface area contributed by atoms with Crippen LogP contribution < -0.4 is 0 Å². The molecular formula is C7H3F3N2O3. The molecule has 0 amide bonds. The Morgan fingerprint density at radius 3 is 2.53 bits per heavy atom. The minimum absolute atomic E-state index is 0.146. The summed E-state index contributed by atoms with van der Waals surface area (Å²) in [5.74, 6) is -1.36. The van der Waals surface area contributed by atoms with Gasteiger partial charge in [0.1, 0.15) is 5.56 Å². The fourth-order valence-electron chi connectivity index (χ4n) is 0.992. The van der Waals surface area contributed by atoms with Gasteiger partial charge in [0.15, 0.2) is 12.0 Å². The Balaban J connectivity index is 3.54. The molecule has 1 heterocycles. The Hall–Kier alpha value is -1.99. The minimum atomic E-state index is -3.25. The molecule has 5 nitrogen and oxygen atoms in total. The van der Waals surface area contributed by atoms with Crippen molar-refractivity contribution in [3.63, 3.8) is 0 Å². The molecule has 1 aromatic heterocycles. The molecule has 0 aliphatic rings. The van der Waals surface area contributed by atoms with Crippen LogP contribution in [0.5, 0.6) is 0 Å². The summed E-state index contributed by atoms with van der Waals surface area (Å²) in [6, 6.07) is 0.232. The number of rotatable bonds is 3. The van der Waals surface area contributed by atoms with E-state index in [2.05, 4.69) is 4.98 Å². The standard InChI is InChI=1S/C7H3F3N2O3/c8-5-1-3(7(9)10)6(12(14)15)4(2-13)11-5/h1-2,7H. The number of aldehydes is 1. The van der Waals surface area contributed by atoms with Gasteiger partial charge in [-0.3, -0.25) is 14.9 Å². The predicted octanol–water partition coefficient (Wildman–Crippen LogP) is 1.88. The van der Waals surface area contributed by atoms with Crippen molar-refractivity contribution < 1.29 is 22.9 Å². The van der Waals surface area contributed by atoms with Crippen LogP contribution in [-0.2, 0) is 0 Å². The van der Waals surface area contributed by atoms with Gasteiger partial charge < -0.3 is 0 Å². The quantitative estimate of drug-likeness (QED) is 0.337. The zero-order valence-corrected chi connectivity index (χ0v) is 6.99. The first-order valence-electron chi connectivity index (χ1n) is 3.55. The first kappa shape index (κ1) is 11.1. The average Bonchev–Trinajstić information content (AvgIpc) is 2.15. The summed E-state index contributed by atoms with van der Waals surface area (Å²) >= 11 is 0. The molecule has 0 unspecified atom stereocenters. The number of nitro groups is 1. The van der Waals surface area contributed by atoms with Crippen molar-refractivity contribution in [2.75, 3.05) is 0 Å². The molecule has 0 aliphatic carbocycles. The van der Waals surface area contributed by atoms with Gasteiger partial charge >= 0.3 is 5.69 Å². The third kappa shape index (κ3) is 2.09. The molecule has 0 fully saturated rings. The molecule has 0 aliphatic heterocycles. The second-order valence-corrected chi connectivity index (χ2v) is 2.44. The normalized spacial score (nSPS) is 10.4. The molecule has 80 valence electrons. The summed E-state index contributed by atoms with van der Waals surface area (Å²) in [5, 5.41) is 10.4. The lowest BCUT2D eigenvalue weighted by Gasteiger charge is -2.02. The highest BCUT2D eigenvalue weighted by atomic mass is 19.3. The topological polar surface area (TPSA) is 73.1 Å². The van der Waals surface area contributed by atoms with E-state index in [1.165, 1.54) is 0 Å². The van der Waals surface area contributed by atoms with Crippen LogP contribution >= 0.6 is 0 Å². The van der Waals surface area contributed by atoms with Gasteiger partial charge in [-0.1, -0.05) is 0 Å². The lowest BCUT2D eigenvalue weighted by atomic mass is 10.2. The molecule has 0 atom stereocenters. The third-order valence-electron chi connectivity index (χ3n) is 1.55. The number of hydrogen-bond donors (Lipinski definition) is 0. The highest BCUT2D eigenvalue weighted by molar-refractivity contribution is 5.79. The van der Waals surface area contributed by atoms with Crippen molar-refractivity contribution in [3.8, 4) is 0 Å². The van der Waals surface area contributed by atoms with Crippen LogP contribution in [0.1, 0.15) is 22.5 Å². The Kier molecular flexibility index (Phi) is 2.98. The summed E-state index contributed by atoms with van der Waals surface area (Å²) in [7, 11) is 0. The van der Waals surface area contributed by atoms with Gasteiger partial charge in [0.2, 0.25) is 5.95 Å². The maximum atomic E-state index is 12.6. The molecule has 0 spiro atoms. The van der Waals surface area contributed by atoms with Gasteiger partial charge in [-0.25, -0.2) is 13.8 Å². The van der Waals surface area contributed by atoms with E-state index < -0.39 is 34.2 Å². The molecular weight excluding hydrogens is 217 g/mol. The van der Waals surface area contributed by atoms with E-state index in [4.69, 9.17) is 0 Å². The average molecular weight is 220 g/mol. The summed E-state index contributed by atoms with van der Waals surface area (Å²) < 4.78 is 37.1. The lowest BCUT2D eigenvalue weighted by molar-refractivity contribution is -0.386. The fraction of sp³-hybridized carbons (Fsp3) is 0.143. The number of carbonyl (C=O) groups is 1. The molecule has 1 rings (SSSR count). The van der Waals surface area contributed by atoms with E-state index in [-0.39, 0.29) is 12.4 Å². The fourth-order valence-corrected chi connectivity index (χ4v) is 0.992. The molecule has 0 N–H and O–H groups in total. The van der Waals surface area contributed by atoms with Gasteiger partial charge in [0.05, 0.1) is 4.92 Å². The number of alkyl halides is 2. The van der Waals surface area contributed by atoms with Crippen LogP contribution in [-0.4, -0.2) is 16.2 Å². The van der Waals surface area contributed by atoms with E-state index in [0.29, 0.717) is 0 Å². The van der Waals surface area contributed by atoms with Crippen molar-refractivity contribution in [1.82, 2.24) is 4.98 Å². The Morgan fingerprint density at radius 2 is 2.13 bits per heavy atom.